The molecular formula is C9H20N2O3S. The minimum absolute atomic E-state index is 0.107. The summed E-state index contributed by atoms with van der Waals surface area (Å²) in [4.78, 5) is 0. The Labute approximate surface area is 91.4 Å². The minimum atomic E-state index is -3.32. The van der Waals surface area contributed by atoms with Gasteiger partial charge in [0, 0.05) is 19.2 Å². The van der Waals surface area contributed by atoms with E-state index in [9.17, 15) is 8.42 Å². The topological polar surface area (TPSA) is 78.4 Å². The molecule has 1 aliphatic rings. The third-order valence-corrected chi connectivity index (χ3v) is 3.77. The molecule has 3 N–H and O–H groups in total. The molecule has 1 fully saturated rings. The summed E-state index contributed by atoms with van der Waals surface area (Å²) in [5.74, 6) is 0.214. The van der Waals surface area contributed by atoms with Gasteiger partial charge >= 0.3 is 0 Å². The van der Waals surface area contributed by atoms with Crippen molar-refractivity contribution in [2.24, 2.45) is 5.92 Å². The monoisotopic (exact) mass is 236 g/mol. The van der Waals surface area contributed by atoms with E-state index in [1.807, 2.05) is 6.92 Å². The summed E-state index contributed by atoms with van der Waals surface area (Å²) in [5, 5.41) is 8.76. The Morgan fingerprint density at radius 3 is 2.60 bits per heavy atom. The van der Waals surface area contributed by atoms with Gasteiger partial charge in [-0.05, 0) is 25.2 Å². The van der Waals surface area contributed by atoms with Crippen molar-refractivity contribution in [3.63, 3.8) is 0 Å². The van der Waals surface area contributed by atoms with E-state index in [0.717, 1.165) is 19.3 Å². The molecule has 0 saturated heterocycles. The molecule has 0 aliphatic heterocycles. The minimum Gasteiger partial charge on any atom is -0.396 e. The second-order valence-electron chi connectivity index (χ2n) is 4.03. The van der Waals surface area contributed by atoms with Crippen LogP contribution in [0.3, 0.4) is 0 Å². The summed E-state index contributed by atoms with van der Waals surface area (Å²) in [6, 6.07) is 0.139. The molecule has 1 saturated carbocycles. The van der Waals surface area contributed by atoms with Gasteiger partial charge in [0.05, 0.1) is 0 Å². The van der Waals surface area contributed by atoms with Crippen LogP contribution in [-0.4, -0.2) is 32.7 Å². The van der Waals surface area contributed by atoms with Gasteiger partial charge in [-0.3, -0.25) is 0 Å². The summed E-state index contributed by atoms with van der Waals surface area (Å²) in [6.45, 7) is 2.50. The molecule has 6 heteroatoms. The molecule has 1 rings (SSSR count). The third-order valence-electron chi connectivity index (χ3n) is 2.58. The van der Waals surface area contributed by atoms with Crippen LogP contribution in [0.1, 0.15) is 32.6 Å². The Balaban J connectivity index is 2.26. The first-order valence-electron chi connectivity index (χ1n) is 5.45. The molecular weight excluding hydrogens is 216 g/mol. The Kier molecular flexibility index (Phi) is 4.98. The fourth-order valence-electron chi connectivity index (χ4n) is 1.32. The highest BCUT2D eigenvalue weighted by Gasteiger charge is 2.26. The van der Waals surface area contributed by atoms with Gasteiger partial charge in [0.1, 0.15) is 0 Å². The lowest BCUT2D eigenvalue weighted by Crippen LogP contribution is -2.40. The molecule has 0 aromatic heterocycles. The van der Waals surface area contributed by atoms with E-state index < -0.39 is 10.2 Å². The van der Waals surface area contributed by atoms with E-state index in [2.05, 4.69) is 9.44 Å². The Bertz CT molecular complexity index is 275. The van der Waals surface area contributed by atoms with Gasteiger partial charge in [-0.25, -0.2) is 4.72 Å². The van der Waals surface area contributed by atoms with Crippen LogP contribution in [0.25, 0.3) is 0 Å². The maximum atomic E-state index is 11.4. The quantitative estimate of drug-likeness (QED) is 0.554. The normalized spacial score (nSPS) is 19.1. The van der Waals surface area contributed by atoms with Crippen molar-refractivity contribution in [2.45, 2.75) is 38.6 Å². The molecule has 0 amide bonds. The first kappa shape index (κ1) is 12.9. The van der Waals surface area contributed by atoms with Crippen molar-refractivity contribution in [2.75, 3.05) is 13.2 Å². The number of aliphatic hydroxyl groups excluding tert-OH is 1. The second-order valence-corrected chi connectivity index (χ2v) is 5.56. The molecule has 0 bridgehead atoms. The molecule has 15 heavy (non-hydrogen) atoms. The van der Waals surface area contributed by atoms with Gasteiger partial charge in [-0.1, -0.05) is 13.3 Å². The molecule has 0 radical (unpaired) electrons. The Morgan fingerprint density at radius 2 is 2.13 bits per heavy atom. The van der Waals surface area contributed by atoms with Crippen LogP contribution in [-0.2, 0) is 10.2 Å². The summed E-state index contributed by atoms with van der Waals surface area (Å²) < 4.78 is 27.9. The van der Waals surface area contributed by atoms with Crippen molar-refractivity contribution in [3.05, 3.63) is 0 Å². The first-order chi connectivity index (χ1) is 7.07. The predicted octanol–water partition coefficient (Wildman–Crippen LogP) is -0.0186. The van der Waals surface area contributed by atoms with E-state index >= 15 is 0 Å². The van der Waals surface area contributed by atoms with Gasteiger partial charge in [0.15, 0.2) is 0 Å². The van der Waals surface area contributed by atoms with Crippen LogP contribution in [0.4, 0.5) is 0 Å². The second kappa shape index (κ2) is 5.79. The maximum Gasteiger partial charge on any atom is 0.277 e. The largest absolute Gasteiger partial charge is 0.396 e. The number of aliphatic hydroxyl groups is 1. The lowest BCUT2D eigenvalue weighted by atomic mass is 10.0. The van der Waals surface area contributed by atoms with Crippen molar-refractivity contribution in [1.82, 2.24) is 9.44 Å². The van der Waals surface area contributed by atoms with E-state index in [-0.39, 0.29) is 18.6 Å². The van der Waals surface area contributed by atoms with E-state index in [1.165, 1.54) is 0 Å². The van der Waals surface area contributed by atoms with Crippen molar-refractivity contribution >= 4 is 10.2 Å². The highest BCUT2D eigenvalue weighted by molar-refractivity contribution is 7.87. The zero-order valence-electron chi connectivity index (χ0n) is 9.07. The average Bonchev–Trinajstić information content (AvgIpc) is 2.95. The number of rotatable bonds is 8. The van der Waals surface area contributed by atoms with Crippen LogP contribution >= 0.6 is 0 Å². The zero-order valence-corrected chi connectivity index (χ0v) is 9.89. The Morgan fingerprint density at radius 1 is 1.47 bits per heavy atom. The summed E-state index contributed by atoms with van der Waals surface area (Å²) in [7, 11) is -3.32. The standard InChI is InChI=1S/C9H20N2O3S/c1-2-8(5-6-12)7-10-15(13,14)11-9-3-4-9/h8-12H,2-7H2,1H3. The molecule has 5 nitrogen and oxygen atoms in total. The fraction of sp³-hybridized carbons (Fsp3) is 1.00. The van der Waals surface area contributed by atoms with Crippen LogP contribution < -0.4 is 9.44 Å². The maximum absolute atomic E-state index is 11.4. The van der Waals surface area contributed by atoms with Crippen LogP contribution in [0.5, 0.6) is 0 Å². The van der Waals surface area contributed by atoms with Gasteiger partial charge in [0.2, 0.25) is 0 Å². The molecule has 1 aliphatic carbocycles. The molecule has 0 spiro atoms. The molecule has 1 unspecified atom stereocenters. The lowest BCUT2D eigenvalue weighted by Gasteiger charge is -2.14. The van der Waals surface area contributed by atoms with E-state index in [4.69, 9.17) is 5.11 Å². The number of nitrogens with one attached hydrogen (secondary N) is 2. The molecule has 90 valence electrons. The van der Waals surface area contributed by atoms with Crippen LogP contribution in [0.15, 0.2) is 0 Å². The van der Waals surface area contributed by atoms with Gasteiger partial charge < -0.3 is 5.11 Å². The highest BCUT2D eigenvalue weighted by atomic mass is 32.2. The lowest BCUT2D eigenvalue weighted by molar-refractivity contribution is 0.254. The number of hydrogen-bond donors (Lipinski definition) is 3. The molecule has 0 aromatic rings. The first-order valence-corrected chi connectivity index (χ1v) is 6.93. The van der Waals surface area contributed by atoms with Crippen molar-refractivity contribution in [1.29, 1.82) is 0 Å². The molecule has 0 heterocycles. The summed E-state index contributed by atoms with van der Waals surface area (Å²) >= 11 is 0. The molecule has 1 atom stereocenters. The summed E-state index contributed by atoms with van der Waals surface area (Å²) in [6.07, 6.45) is 3.39. The highest BCUT2D eigenvalue weighted by Crippen LogP contribution is 2.19. The third kappa shape index (κ3) is 5.46. The zero-order chi connectivity index (χ0) is 11.3. The SMILES string of the molecule is CCC(CCO)CNS(=O)(=O)NC1CC1. The smallest absolute Gasteiger partial charge is 0.277 e. The predicted molar refractivity (Wildman–Crippen MR) is 58.6 cm³/mol. The Hall–Kier alpha value is -0.170. The van der Waals surface area contributed by atoms with Gasteiger partial charge in [-0.2, -0.15) is 13.1 Å². The van der Waals surface area contributed by atoms with Crippen LogP contribution in [0, 0.1) is 5.92 Å². The van der Waals surface area contributed by atoms with E-state index in [0.29, 0.717) is 13.0 Å². The number of hydrogen-bond acceptors (Lipinski definition) is 3. The van der Waals surface area contributed by atoms with Gasteiger partial charge in [-0.15, -0.1) is 0 Å². The fourth-order valence-corrected chi connectivity index (χ4v) is 2.54. The molecule has 0 aromatic carbocycles. The summed E-state index contributed by atoms with van der Waals surface area (Å²) in [5.41, 5.74) is 0. The van der Waals surface area contributed by atoms with Crippen LogP contribution in [0.2, 0.25) is 0 Å². The van der Waals surface area contributed by atoms with Gasteiger partial charge in [0.25, 0.3) is 10.2 Å². The average molecular weight is 236 g/mol. The van der Waals surface area contributed by atoms with E-state index in [1.54, 1.807) is 0 Å². The van der Waals surface area contributed by atoms with Crippen molar-refractivity contribution < 1.29 is 13.5 Å². The van der Waals surface area contributed by atoms with Crippen molar-refractivity contribution in [3.8, 4) is 0 Å².